The maximum atomic E-state index is 14.4. The van der Waals surface area contributed by atoms with E-state index < -0.39 is 6.04 Å². The van der Waals surface area contributed by atoms with E-state index in [1.807, 2.05) is 123 Å². The van der Waals surface area contributed by atoms with Crippen LogP contribution in [-0.4, -0.2) is 26.9 Å². The molecule has 0 saturated heterocycles. The molecule has 2 atom stereocenters. The molecule has 2 unspecified atom stereocenters. The Hall–Kier alpha value is -4.51. The summed E-state index contributed by atoms with van der Waals surface area (Å²) in [6.45, 7) is 6.55. The van der Waals surface area contributed by atoms with E-state index in [0.29, 0.717) is 36.1 Å². The van der Waals surface area contributed by atoms with Gasteiger partial charge in [-0.05, 0) is 67.6 Å². The van der Waals surface area contributed by atoms with Crippen LogP contribution >= 0.6 is 0 Å². The summed E-state index contributed by atoms with van der Waals surface area (Å²) in [5, 5.41) is 0.554. The Morgan fingerprint density at radius 2 is 1.55 bits per heavy atom. The van der Waals surface area contributed by atoms with Crippen LogP contribution in [-0.2, 0) is 11.2 Å². The van der Waals surface area contributed by atoms with Gasteiger partial charge in [0.2, 0.25) is 5.91 Å². The maximum absolute atomic E-state index is 14.4. The van der Waals surface area contributed by atoms with Crippen molar-refractivity contribution in [1.29, 1.82) is 0 Å². The largest absolute Gasteiger partial charge is 0.332 e. The summed E-state index contributed by atoms with van der Waals surface area (Å²) in [4.78, 5) is 35.3. The van der Waals surface area contributed by atoms with Gasteiger partial charge in [-0.15, -0.1) is 0 Å². The molecule has 40 heavy (non-hydrogen) atoms. The molecule has 1 amide bonds. The molecule has 4 aromatic carbocycles. The quantitative estimate of drug-likeness (QED) is 0.206. The van der Waals surface area contributed by atoms with Gasteiger partial charge in [0.25, 0.3) is 5.56 Å². The lowest BCUT2D eigenvalue weighted by Gasteiger charge is -2.33. The van der Waals surface area contributed by atoms with Gasteiger partial charge in [0.1, 0.15) is 5.82 Å². The predicted octanol–water partition coefficient (Wildman–Crippen LogP) is 7.02. The van der Waals surface area contributed by atoms with Gasteiger partial charge < -0.3 is 4.90 Å². The third-order valence-corrected chi connectivity index (χ3v) is 7.58. The second-order valence-electron chi connectivity index (χ2n) is 10.3. The van der Waals surface area contributed by atoms with Gasteiger partial charge in [0.15, 0.2) is 0 Å². The number of amides is 1. The molecule has 1 aromatic heterocycles. The van der Waals surface area contributed by atoms with Crippen LogP contribution in [0.2, 0.25) is 0 Å². The van der Waals surface area contributed by atoms with Gasteiger partial charge in [-0.3, -0.25) is 14.2 Å². The molecule has 0 spiro atoms. The monoisotopic (exact) mass is 529 g/mol. The third kappa shape index (κ3) is 5.59. The van der Waals surface area contributed by atoms with Gasteiger partial charge >= 0.3 is 0 Å². The number of carbonyl (C=O) groups excluding carboxylic acids is 1. The Labute approximate surface area is 235 Å². The van der Waals surface area contributed by atoms with E-state index >= 15 is 0 Å². The van der Waals surface area contributed by atoms with Crippen molar-refractivity contribution in [3.8, 4) is 5.69 Å². The van der Waals surface area contributed by atoms with E-state index in [1.54, 1.807) is 4.57 Å². The zero-order chi connectivity index (χ0) is 28.1. The van der Waals surface area contributed by atoms with Crippen LogP contribution < -0.4 is 5.56 Å². The molecule has 0 bridgehead atoms. The maximum Gasteiger partial charge on any atom is 0.266 e. The lowest BCUT2D eigenvalue weighted by atomic mass is 9.94. The Bertz CT molecular complexity index is 1660. The van der Waals surface area contributed by atoms with Crippen molar-refractivity contribution in [2.45, 2.75) is 45.6 Å². The first-order valence-corrected chi connectivity index (χ1v) is 14.0. The Balaban J connectivity index is 1.65. The standard InChI is InChI=1S/C35H35N3O2/c1-4-30(28-17-9-6-10-18-28)34(39)37(23-22-27-15-7-5-8-16-27)26(3)33-36-32-21-12-11-20-31(32)35(40)38(33)29-19-13-14-25(2)24-29/h5-21,24,26,30H,4,22-23H2,1-3H3. The van der Waals surface area contributed by atoms with Crippen LogP contribution in [0.25, 0.3) is 16.6 Å². The molecule has 5 nitrogen and oxygen atoms in total. The number of carbonyl (C=O) groups is 1. The minimum atomic E-state index is -0.452. The highest BCUT2D eigenvalue weighted by Gasteiger charge is 2.31. The van der Waals surface area contributed by atoms with E-state index in [9.17, 15) is 9.59 Å². The summed E-state index contributed by atoms with van der Waals surface area (Å²) >= 11 is 0. The van der Waals surface area contributed by atoms with Gasteiger partial charge in [0.05, 0.1) is 28.6 Å². The van der Waals surface area contributed by atoms with Crippen LogP contribution in [0.15, 0.2) is 114 Å². The summed E-state index contributed by atoms with van der Waals surface area (Å²) in [6.07, 6.45) is 1.37. The minimum Gasteiger partial charge on any atom is -0.332 e. The summed E-state index contributed by atoms with van der Waals surface area (Å²) in [6, 6.07) is 35.0. The molecule has 0 aliphatic carbocycles. The van der Waals surface area contributed by atoms with Gasteiger partial charge in [0, 0.05) is 6.54 Å². The Morgan fingerprint density at radius 1 is 0.875 bits per heavy atom. The number of nitrogens with zero attached hydrogens (tertiary/aromatic N) is 3. The van der Waals surface area contributed by atoms with Crippen molar-refractivity contribution in [2.75, 3.05) is 6.54 Å². The average molecular weight is 530 g/mol. The van der Waals surface area contributed by atoms with Crippen LogP contribution in [0.3, 0.4) is 0 Å². The molecule has 0 radical (unpaired) electrons. The van der Waals surface area contributed by atoms with Crippen LogP contribution in [0.5, 0.6) is 0 Å². The number of aryl methyl sites for hydroxylation is 1. The highest BCUT2D eigenvalue weighted by Crippen LogP contribution is 2.29. The molecule has 5 rings (SSSR count). The van der Waals surface area contributed by atoms with Crippen molar-refractivity contribution >= 4 is 16.8 Å². The normalized spacial score (nSPS) is 12.7. The lowest BCUT2D eigenvalue weighted by molar-refractivity contribution is -0.135. The van der Waals surface area contributed by atoms with Crippen molar-refractivity contribution in [3.05, 3.63) is 142 Å². The van der Waals surface area contributed by atoms with Crippen molar-refractivity contribution < 1.29 is 4.79 Å². The van der Waals surface area contributed by atoms with Gasteiger partial charge in [-0.1, -0.05) is 91.9 Å². The smallest absolute Gasteiger partial charge is 0.266 e. The molecular weight excluding hydrogens is 494 g/mol. The summed E-state index contributed by atoms with van der Waals surface area (Å²) in [7, 11) is 0. The minimum absolute atomic E-state index is 0.0373. The number of rotatable bonds is 9. The van der Waals surface area contributed by atoms with E-state index in [2.05, 4.69) is 12.1 Å². The second kappa shape index (κ2) is 12.1. The number of hydrogen-bond acceptors (Lipinski definition) is 3. The number of aromatic nitrogens is 2. The van der Waals surface area contributed by atoms with E-state index in [-0.39, 0.29) is 17.4 Å². The first kappa shape index (κ1) is 27.1. The number of benzene rings is 4. The highest BCUT2D eigenvalue weighted by atomic mass is 16.2. The van der Waals surface area contributed by atoms with Crippen LogP contribution in [0.4, 0.5) is 0 Å². The number of hydrogen-bond donors (Lipinski definition) is 0. The fourth-order valence-electron chi connectivity index (χ4n) is 5.41. The second-order valence-corrected chi connectivity index (χ2v) is 10.3. The fraction of sp³-hybridized carbons (Fsp3) is 0.229. The van der Waals surface area contributed by atoms with Gasteiger partial charge in [-0.2, -0.15) is 0 Å². The predicted molar refractivity (Wildman–Crippen MR) is 162 cm³/mol. The van der Waals surface area contributed by atoms with E-state index in [1.165, 1.54) is 0 Å². The summed E-state index contributed by atoms with van der Waals surface area (Å²) in [5.41, 5.74) is 4.43. The van der Waals surface area contributed by atoms with E-state index in [0.717, 1.165) is 22.4 Å². The average Bonchev–Trinajstić information content (AvgIpc) is 2.98. The molecule has 0 aliphatic heterocycles. The lowest BCUT2D eigenvalue weighted by Crippen LogP contribution is -2.41. The van der Waals surface area contributed by atoms with Crippen molar-refractivity contribution in [3.63, 3.8) is 0 Å². The highest BCUT2D eigenvalue weighted by molar-refractivity contribution is 5.84. The molecule has 5 aromatic rings. The molecule has 5 heteroatoms. The molecule has 0 N–H and O–H groups in total. The molecule has 0 aliphatic rings. The Kier molecular flexibility index (Phi) is 8.20. The molecule has 0 saturated carbocycles. The summed E-state index contributed by atoms with van der Waals surface area (Å²) < 4.78 is 1.69. The van der Waals surface area contributed by atoms with Crippen molar-refractivity contribution in [1.82, 2.24) is 14.5 Å². The zero-order valence-corrected chi connectivity index (χ0v) is 23.3. The topological polar surface area (TPSA) is 55.2 Å². The zero-order valence-electron chi connectivity index (χ0n) is 23.3. The molecule has 202 valence electrons. The molecular formula is C35H35N3O2. The number of para-hydroxylation sites is 1. The van der Waals surface area contributed by atoms with Crippen LogP contribution in [0, 0.1) is 6.92 Å². The van der Waals surface area contributed by atoms with Crippen molar-refractivity contribution in [2.24, 2.45) is 0 Å². The summed E-state index contributed by atoms with van der Waals surface area (Å²) in [5.74, 6) is 0.299. The molecule has 0 fully saturated rings. The molecule has 1 heterocycles. The van der Waals surface area contributed by atoms with Gasteiger partial charge in [-0.25, -0.2) is 4.98 Å². The first-order valence-electron chi connectivity index (χ1n) is 14.0. The first-order chi connectivity index (χ1) is 19.5. The van der Waals surface area contributed by atoms with E-state index in [4.69, 9.17) is 4.98 Å². The SMILES string of the molecule is CCC(C(=O)N(CCc1ccccc1)C(C)c1nc2ccccc2c(=O)n1-c1cccc(C)c1)c1ccccc1. The Morgan fingerprint density at radius 3 is 2.25 bits per heavy atom. The fourth-order valence-corrected chi connectivity index (χ4v) is 5.41. The third-order valence-electron chi connectivity index (χ3n) is 7.58. The number of fused-ring (bicyclic) bond motifs is 1. The van der Waals surface area contributed by atoms with Crippen LogP contribution in [0.1, 0.15) is 54.7 Å².